The van der Waals surface area contributed by atoms with Gasteiger partial charge in [-0.15, -0.1) is 0 Å². The Hall–Kier alpha value is -1.24. The highest BCUT2D eigenvalue weighted by Crippen LogP contribution is 2.32. The summed E-state index contributed by atoms with van der Waals surface area (Å²) in [5.41, 5.74) is -0.789. The van der Waals surface area contributed by atoms with E-state index in [2.05, 4.69) is 10.4 Å². The van der Waals surface area contributed by atoms with Crippen molar-refractivity contribution < 1.29 is 18.3 Å². The first-order chi connectivity index (χ1) is 7.36. The molecule has 1 rings (SSSR count). The van der Waals surface area contributed by atoms with Gasteiger partial charge in [0.25, 0.3) is 0 Å². The van der Waals surface area contributed by atoms with Crippen LogP contribution in [0.2, 0.25) is 0 Å². The molecule has 0 aliphatic carbocycles. The van der Waals surface area contributed by atoms with Crippen LogP contribution in [0.4, 0.5) is 19.0 Å². The third-order valence-corrected chi connectivity index (χ3v) is 1.93. The largest absolute Gasteiger partial charge is 0.433 e. The van der Waals surface area contributed by atoms with Gasteiger partial charge in [-0.2, -0.15) is 18.3 Å². The third kappa shape index (κ3) is 2.88. The monoisotopic (exact) mass is 237 g/mol. The van der Waals surface area contributed by atoms with Gasteiger partial charge < -0.3 is 10.4 Å². The van der Waals surface area contributed by atoms with Crippen LogP contribution in [0, 0.1) is 0 Å². The Kier molecular flexibility index (Phi) is 3.79. The predicted molar refractivity (Wildman–Crippen MR) is 53.2 cm³/mol. The Morgan fingerprint density at radius 1 is 1.50 bits per heavy atom. The maximum atomic E-state index is 12.6. The number of hydrogen-bond acceptors (Lipinski definition) is 3. The Morgan fingerprint density at radius 3 is 2.50 bits per heavy atom. The van der Waals surface area contributed by atoms with E-state index in [1.165, 1.54) is 0 Å². The summed E-state index contributed by atoms with van der Waals surface area (Å²) in [7, 11) is 0. The first kappa shape index (κ1) is 12.8. The molecule has 0 spiro atoms. The van der Waals surface area contributed by atoms with E-state index in [0.717, 1.165) is 10.7 Å². The molecule has 0 amide bonds. The summed E-state index contributed by atoms with van der Waals surface area (Å²) in [5.74, 6) is 0.120. The van der Waals surface area contributed by atoms with E-state index >= 15 is 0 Å². The van der Waals surface area contributed by atoms with Crippen LogP contribution in [0.1, 0.15) is 25.6 Å². The summed E-state index contributed by atoms with van der Waals surface area (Å²) in [5, 5.41) is 14.9. The number of nitrogens with zero attached hydrogens (tertiary/aromatic N) is 2. The van der Waals surface area contributed by atoms with Crippen molar-refractivity contribution >= 4 is 5.82 Å². The fourth-order valence-electron chi connectivity index (χ4n) is 1.27. The number of aromatic nitrogens is 2. The first-order valence-corrected chi connectivity index (χ1v) is 4.87. The normalized spacial score (nSPS) is 12.2. The van der Waals surface area contributed by atoms with Gasteiger partial charge in [-0.1, -0.05) is 0 Å². The molecule has 0 atom stereocenters. The highest BCUT2D eigenvalue weighted by atomic mass is 19.4. The van der Waals surface area contributed by atoms with Gasteiger partial charge in [0.2, 0.25) is 0 Å². The average Bonchev–Trinajstić information content (AvgIpc) is 2.58. The van der Waals surface area contributed by atoms with Crippen LogP contribution < -0.4 is 5.32 Å². The number of aliphatic hydroxyl groups excluding tert-OH is 1. The number of anilines is 1. The minimum atomic E-state index is -4.42. The molecular weight excluding hydrogens is 223 g/mol. The molecule has 0 radical (unpaired) electrons. The molecule has 0 aliphatic heterocycles. The van der Waals surface area contributed by atoms with Crippen molar-refractivity contribution in [3.8, 4) is 0 Å². The molecule has 2 N–H and O–H groups in total. The predicted octanol–water partition coefficient (Wildman–Crippen LogP) is 1.89. The number of halogens is 3. The Morgan fingerprint density at radius 2 is 2.12 bits per heavy atom. The molecule has 0 bridgehead atoms. The smallest absolute Gasteiger partial charge is 0.395 e. The molecule has 92 valence electrons. The number of rotatable bonds is 4. The average molecular weight is 237 g/mol. The van der Waals surface area contributed by atoms with E-state index < -0.39 is 11.9 Å². The molecule has 0 aliphatic rings. The van der Waals surface area contributed by atoms with Crippen molar-refractivity contribution in [2.24, 2.45) is 0 Å². The van der Waals surface area contributed by atoms with Crippen LogP contribution in [0.5, 0.6) is 0 Å². The number of aliphatic hydroxyl groups is 1. The van der Waals surface area contributed by atoms with Gasteiger partial charge in [0.15, 0.2) is 0 Å². The van der Waals surface area contributed by atoms with Crippen molar-refractivity contribution in [2.75, 3.05) is 18.5 Å². The van der Waals surface area contributed by atoms with Crippen LogP contribution in [0.3, 0.4) is 0 Å². The maximum Gasteiger partial charge on any atom is 0.433 e. The summed E-state index contributed by atoms with van der Waals surface area (Å²) in [6.45, 7) is 3.26. The zero-order valence-electron chi connectivity index (χ0n) is 9.04. The summed E-state index contributed by atoms with van der Waals surface area (Å²) < 4.78 is 38.7. The van der Waals surface area contributed by atoms with Crippen LogP contribution in [0.25, 0.3) is 0 Å². The van der Waals surface area contributed by atoms with E-state index in [1.54, 1.807) is 13.8 Å². The van der Waals surface area contributed by atoms with Crippen molar-refractivity contribution in [3.05, 3.63) is 11.8 Å². The van der Waals surface area contributed by atoms with E-state index in [-0.39, 0.29) is 25.0 Å². The zero-order valence-corrected chi connectivity index (χ0v) is 9.04. The Labute approximate surface area is 91.1 Å². The maximum absolute atomic E-state index is 12.6. The molecule has 0 saturated carbocycles. The van der Waals surface area contributed by atoms with Gasteiger partial charge in [0.1, 0.15) is 11.5 Å². The molecular formula is C9H14F3N3O. The van der Waals surface area contributed by atoms with Crippen molar-refractivity contribution in [1.29, 1.82) is 0 Å². The summed E-state index contributed by atoms with van der Waals surface area (Å²) in [4.78, 5) is 0. The lowest BCUT2D eigenvalue weighted by Crippen LogP contribution is -2.16. The molecule has 1 aromatic rings. The van der Waals surface area contributed by atoms with Crippen LogP contribution in [-0.2, 0) is 6.18 Å². The van der Waals surface area contributed by atoms with E-state index in [1.807, 2.05) is 0 Å². The number of hydrogen-bond donors (Lipinski definition) is 2. The second-order valence-electron chi connectivity index (χ2n) is 3.60. The van der Waals surface area contributed by atoms with Gasteiger partial charge >= 0.3 is 6.18 Å². The lowest BCUT2D eigenvalue weighted by molar-refractivity contribution is -0.144. The number of nitrogens with one attached hydrogen (secondary N) is 1. The minimum Gasteiger partial charge on any atom is -0.395 e. The van der Waals surface area contributed by atoms with Crippen molar-refractivity contribution in [2.45, 2.75) is 26.1 Å². The van der Waals surface area contributed by atoms with Gasteiger partial charge in [-0.3, -0.25) is 4.68 Å². The second-order valence-corrected chi connectivity index (χ2v) is 3.60. The molecule has 1 aromatic heterocycles. The topological polar surface area (TPSA) is 50.1 Å². The molecule has 0 unspecified atom stereocenters. The Bertz CT molecular complexity index is 346. The van der Waals surface area contributed by atoms with Crippen molar-refractivity contribution in [1.82, 2.24) is 9.78 Å². The van der Waals surface area contributed by atoms with Gasteiger partial charge in [-0.25, -0.2) is 0 Å². The van der Waals surface area contributed by atoms with Crippen LogP contribution in [0.15, 0.2) is 6.07 Å². The quantitative estimate of drug-likeness (QED) is 0.840. The lowest BCUT2D eigenvalue weighted by atomic mass is 10.3. The van der Waals surface area contributed by atoms with Crippen LogP contribution >= 0.6 is 0 Å². The summed E-state index contributed by atoms with van der Waals surface area (Å²) in [6, 6.07) is 0.566. The highest BCUT2D eigenvalue weighted by molar-refractivity contribution is 5.37. The van der Waals surface area contributed by atoms with Gasteiger partial charge in [0, 0.05) is 18.7 Å². The second kappa shape index (κ2) is 4.73. The molecule has 1 heterocycles. The molecule has 0 aromatic carbocycles. The SMILES string of the molecule is CC(C)n1nc(NCCO)cc1C(F)(F)F. The standard InChI is InChI=1S/C9H14F3N3O/c1-6(2)15-7(9(10,11)12)5-8(14-15)13-3-4-16/h5-6,16H,3-4H2,1-2H3,(H,13,14). The molecule has 4 nitrogen and oxygen atoms in total. The third-order valence-electron chi connectivity index (χ3n) is 1.93. The fraction of sp³-hybridized carbons (Fsp3) is 0.667. The Balaban J connectivity index is 3.01. The highest BCUT2D eigenvalue weighted by Gasteiger charge is 2.36. The first-order valence-electron chi connectivity index (χ1n) is 4.87. The molecule has 0 saturated heterocycles. The lowest BCUT2D eigenvalue weighted by Gasteiger charge is -2.12. The summed E-state index contributed by atoms with van der Waals surface area (Å²) in [6.07, 6.45) is -4.42. The van der Waals surface area contributed by atoms with Crippen LogP contribution in [-0.4, -0.2) is 28.0 Å². The number of alkyl halides is 3. The van der Waals surface area contributed by atoms with E-state index in [9.17, 15) is 13.2 Å². The van der Waals surface area contributed by atoms with E-state index in [4.69, 9.17) is 5.11 Å². The van der Waals surface area contributed by atoms with Gasteiger partial charge in [0.05, 0.1) is 6.61 Å². The molecule has 16 heavy (non-hydrogen) atoms. The molecule has 7 heteroatoms. The minimum absolute atomic E-state index is 0.120. The molecule has 0 fully saturated rings. The fourth-order valence-corrected chi connectivity index (χ4v) is 1.27. The van der Waals surface area contributed by atoms with Gasteiger partial charge in [-0.05, 0) is 13.8 Å². The zero-order chi connectivity index (χ0) is 12.3. The summed E-state index contributed by atoms with van der Waals surface area (Å²) >= 11 is 0. The van der Waals surface area contributed by atoms with Crippen molar-refractivity contribution in [3.63, 3.8) is 0 Å². The van der Waals surface area contributed by atoms with E-state index in [0.29, 0.717) is 0 Å².